The Morgan fingerprint density at radius 1 is 1.45 bits per heavy atom. The Bertz CT molecular complexity index is 548. The average Bonchev–Trinajstić information content (AvgIpc) is 3.03. The molecule has 5 heteroatoms. The van der Waals surface area contributed by atoms with Crippen molar-refractivity contribution < 1.29 is 9.52 Å². The lowest BCUT2D eigenvalue weighted by Crippen LogP contribution is -2.28. The van der Waals surface area contributed by atoms with Gasteiger partial charge in [0.2, 0.25) is 5.89 Å². The van der Waals surface area contributed by atoms with Crippen molar-refractivity contribution in [3.05, 3.63) is 29.5 Å². The third-order valence-corrected chi connectivity index (χ3v) is 4.68. The Labute approximate surface area is 123 Å². The van der Waals surface area contributed by atoms with E-state index in [9.17, 15) is 5.11 Å². The van der Waals surface area contributed by atoms with E-state index in [1.807, 2.05) is 24.4 Å². The van der Waals surface area contributed by atoms with Crippen LogP contribution in [0.15, 0.2) is 28.2 Å². The molecule has 4 nitrogen and oxygen atoms in total. The molecule has 1 saturated heterocycles. The molecule has 0 saturated carbocycles. The van der Waals surface area contributed by atoms with Gasteiger partial charge >= 0.3 is 0 Å². The van der Waals surface area contributed by atoms with Crippen LogP contribution in [0.5, 0.6) is 0 Å². The van der Waals surface area contributed by atoms with Gasteiger partial charge in [-0.2, -0.15) is 0 Å². The molecule has 1 N–H and O–H groups in total. The zero-order valence-electron chi connectivity index (χ0n) is 11.7. The van der Waals surface area contributed by atoms with Crippen molar-refractivity contribution in [1.29, 1.82) is 0 Å². The largest absolute Gasteiger partial charge is 0.444 e. The number of nitrogens with zero attached hydrogens (tertiary/aromatic N) is 2. The molecule has 1 aliphatic rings. The number of hydrogen-bond acceptors (Lipinski definition) is 5. The highest BCUT2D eigenvalue weighted by Gasteiger charge is 2.25. The maximum Gasteiger partial charge on any atom is 0.236 e. The molecule has 108 valence electrons. The molecule has 3 heterocycles. The second-order valence-corrected chi connectivity index (χ2v) is 6.70. The molecule has 1 unspecified atom stereocenters. The summed E-state index contributed by atoms with van der Waals surface area (Å²) in [6.45, 7) is 4.65. The number of aromatic nitrogens is 1. The van der Waals surface area contributed by atoms with Crippen molar-refractivity contribution in [3.8, 4) is 10.8 Å². The van der Waals surface area contributed by atoms with Gasteiger partial charge in [0, 0.05) is 13.1 Å². The van der Waals surface area contributed by atoms with Crippen LogP contribution in [0.2, 0.25) is 0 Å². The fraction of sp³-hybridized carbons (Fsp3) is 0.533. The van der Waals surface area contributed by atoms with E-state index in [0.29, 0.717) is 5.89 Å². The van der Waals surface area contributed by atoms with Gasteiger partial charge in [0.15, 0.2) is 0 Å². The molecule has 0 spiro atoms. The highest BCUT2D eigenvalue weighted by atomic mass is 32.1. The lowest BCUT2D eigenvalue weighted by molar-refractivity contribution is 0.0444. The summed E-state index contributed by atoms with van der Waals surface area (Å²) in [5, 5.41) is 12.1. The van der Waals surface area contributed by atoms with E-state index in [0.717, 1.165) is 49.5 Å². The number of thiophene rings is 1. The van der Waals surface area contributed by atoms with Gasteiger partial charge < -0.3 is 9.52 Å². The second kappa shape index (κ2) is 5.68. The lowest BCUT2D eigenvalue weighted by atomic mass is 9.98. The zero-order valence-corrected chi connectivity index (χ0v) is 12.5. The number of hydrogen-bond donors (Lipinski definition) is 1. The van der Waals surface area contributed by atoms with Gasteiger partial charge in [0.05, 0.1) is 16.2 Å². The third kappa shape index (κ3) is 3.29. The maximum absolute atomic E-state index is 10.1. The van der Waals surface area contributed by atoms with E-state index in [1.54, 1.807) is 17.6 Å². The molecule has 0 aliphatic carbocycles. The normalized spacial score (nSPS) is 24.7. The van der Waals surface area contributed by atoms with E-state index in [-0.39, 0.29) is 0 Å². The van der Waals surface area contributed by atoms with Gasteiger partial charge in [-0.15, -0.1) is 11.3 Å². The Kier molecular flexibility index (Phi) is 3.92. The lowest BCUT2D eigenvalue weighted by Gasteiger charge is -2.21. The first-order valence-electron chi connectivity index (χ1n) is 7.05. The molecule has 1 aliphatic heterocycles. The summed E-state index contributed by atoms with van der Waals surface area (Å²) < 4.78 is 5.55. The standard InChI is InChI=1S/C15H20N2O2S/c1-15(18)5-3-7-17(8-6-15)10-12-11-19-14(16-12)13-4-2-9-20-13/h2,4,9,11,18H,3,5-8,10H2,1H3. The number of aliphatic hydroxyl groups is 1. The Hall–Kier alpha value is -1.17. The predicted molar refractivity (Wildman–Crippen MR) is 79.6 cm³/mol. The fourth-order valence-electron chi connectivity index (χ4n) is 2.60. The minimum Gasteiger partial charge on any atom is -0.444 e. The molecule has 0 amide bonds. The molecular weight excluding hydrogens is 272 g/mol. The van der Waals surface area contributed by atoms with Crippen molar-refractivity contribution in [3.63, 3.8) is 0 Å². The predicted octanol–water partition coefficient (Wildman–Crippen LogP) is 3.14. The number of likely N-dealkylation sites (tertiary alicyclic amines) is 1. The van der Waals surface area contributed by atoms with Gasteiger partial charge in [0.1, 0.15) is 6.26 Å². The van der Waals surface area contributed by atoms with E-state index in [4.69, 9.17) is 4.42 Å². The number of oxazole rings is 1. The third-order valence-electron chi connectivity index (χ3n) is 3.83. The van der Waals surface area contributed by atoms with E-state index in [2.05, 4.69) is 9.88 Å². The fourth-order valence-corrected chi connectivity index (χ4v) is 3.25. The SMILES string of the molecule is CC1(O)CCCN(Cc2coc(-c3cccs3)n2)CC1. The van der Waals surface area contributed by atoms with E-state index < -0.39 is 5.60 Å². The summed E-state index contributed by atoms with van der Waals surface area (Å²) in [5.74, 6) is 0.705. The first-order valence-corrected chi connectivity index (χ1v) is 7.93. The smallest absolute Gasteiger partial charge is 0.236 e. The Morgan fingerprint density at radius 2 is 2.35 bits per heavy atom. The zero-order chi connectivity index (χ0) is 14.0. The topological polar surface area (TPSA) is 49.5 Å². The molecule has 2 aromatic rings. The van der Waals surface area contributed by atoms with Gasteiger partial charge in [0.25, 0.3) is 0 Å². The second-order valence-electron chi connectivity index (χ2n) is 5.75. The van der Waals surface area contributed by atoms with Gasteiger partial charge in [-0.25, -0.2) is 4.98 Å². The van der Waals surface area contributed by atoms with Crippen LogP contribution >= 0.6 is 11.3 Å². The highest BCUT2D eigenvalue weighted by molar-refractivity contribution is 7.13. The molecule has 20 heavy (non-hydrogen) atoms. The van der Waals surface area contributed by atoms with Gasteiger partial charge in [-0.1, -0.05) is 6.07 Å². The molecule has 3 rings (SSSR count). The summed E-state index contributed by atoms with van der Waals surface area (Å²) in [5.41, 5.74) is 0.454. The molecule has 0 bridgehead atoms. The van der Waals surface area contributed by atoms with Crippen LogP contribution in [0.1, 0.15) is 31.9 Å². The number of rotatable bonds is 3. The first-order chi connectivity index (χ1) is 9.62. The van der Waals surface area contributed by atoms with Crippen LogP contribution in [-0.2, 0) is 6.54 Å². The molecule has 2 aromatic heterocycles. The summed E-state index contributed by atoms with van der Waals surface area (Å²) in [6, 6.07) is 4.02. The van der Waals surface area contributed by atoms with Gasteiger partial charge in [-0.3, -0.25) is 4.90 Å². The van der Waals surface area contributed by atoms with Crippen molar-refractivity contribution >= 4 is 11.3 Å². The van der Waals surface area contributed by atoms with Crippen LogP contribution in [0, 0.1) is 0 Å². The van der Waals surface area contributed by atoms with Crippen LogP contribution in [0.25, 0.3) is 10.8 Å². The van der Waals surface area contributed by atoms with E-state index >= 15 is 0 Å². The van der Waals surface area contributed by atoms with Crippen LogP contribution in [-0.4, -0.2) is 33.7 Å². The monoisotopic (exact) mass is 292 g/mol. The highest BCUT2D eigenvalue weighted by Crippen LogP contribution is 2.25. The summed E-state index contributed by atoms with van der Waals surface area (Å²) >= 11 is 1.64. The summed E-state index contributed by atoms with van der Waals surface area (Å²) in [7, 11) is 0. The van der Waals surface area contributed by atoms with Gasteiger partial charge in [-0.05, 0) is 44.2 Å². The minimum atomic E-state index is -0.513. The molecular formula is C15H20N2O2S. The quantitative estimate of drug-likeness (QED) is 0.944. The first kappa shape index (κ1) is 13.8. The van der Waals surface area contributed by atoms with Crippen molar-refractivity contribution in [1.82, 2.24) is 9.88 Å². The van der Waals surface area contributed by atoms with Crippen molar-refractivity contribution in [2.45, 2.75) is 38.3 Å². The summed E-state index contributed by atoms with van der Waals surface area (Å²) in [4.78, 5) is 7.96. The molecule has 1 fully saturated rings. The summed E-state index contributed by atoms with van der Waals surface area (Å²) in [6.07, 6.45) is 4.48. The van der Waals surface area contributed by atoms with Crippen LogP contribution in [0.4, 0.5) is 0 Å². The van der Waals surface area contributed by atoms with Crippen molar-refractivity contribution in [2.24, 2.45) is 0 Å². The van der Waals surface area contributed by atoms with E-state index in [1.165, 1.54) is 0 Å². The molecule has 1 atom stereocenters. The Morgan fingerprint density at radius 3 is 3.15 bits per heavy atom. The Balaban J connectivity index is 1.63. The van der Waals surface area contributed by atoms with Crippen LogP contribution in [0.3, 0.4) is 0 Å². The maximum atomic E-state index is 10.1. The average molecular weight is 292 g/mol. The molecule has 0 radical (unpaired) electrons. The molecule has 0 aromatic carbocycles. The van der Waals surface area contributed by atoms with Crippen LogP contribution < -0.4 is 0 Å². The van der Waals surface area contributed by atoms with Crippen molar-refractivity contribution in [2.75, 3.05) is 13.1 Å². The minimum absolute atomic E-state index is 0.513.